The van der Waals surface area contributed by atoms with Crippen molar-refractivity contribution < 1.29 is 43.9 Å². The standard InChI is InChI=1S/C31H43NO9S/c1-16-11-30(32-24(34)14-42-30)31(37)26(39-16)40-22-10-18-3-4-21-20(28(18,15-33)12-23(22)41-31)5-7-27(2)19(6-8-29(21,27)36)17-9-25(35)38-13-17/h9,16,18-23,26,33,36-37H,3-8,10-15H2,1-2H3,(H,32,34)/t16-,18+,19-,20?,21-,22-,23-,26+,27-,28-,29+,30?,31-/m1/s1. The van der Waals surface area contributed by atoms with E-state index in [-0.39, 0.29) is 65.5 Å². The molecule has 4 aliphatic carbocycles. The van der Waals surface area contributed by atoms with E-state index in [1.807, 2.05) is 6.92 Å². The van der Waals surface area contributed by atoms with Crippen LogP contribution in [-0.4, -0.2) is 87.0 Å². The van der Waals surface area contributed by atoms with E-state index < -0.39 is 34.1 Å². The van der Waals surface area contributed by atoms with E-state index in [1.165, 1.54) is 11.8 Å². The molecule has 11 heteroatoms. The lowest BCUT2D eigenvalue weighted by molar-refractivity contribution is -0.449. The molecule has 4 heterocycles. The third-order valence-electron chi connectivity index (χ3n) is 13.2. The van der Waals surface area contributed by atoms with Gasteiger partial charge in [-0.2, -0.15) is 0 Å². The lowest BCUT2D eigenvalue weighted by Crippen LogP contribution is -2.76. The molecule has 4 saturated carbocycles. The van der Waals surface area contributed by atoms with Gasteiger partial charge in [0.05, 0.1) is 29.7 Å². The molecule has 7 fully saturated rings. The number of hydrogen-bond acceptors (Lipinski definition) is 10. The molecule has 13 atom stereocenters. The summed E-state index contributed by atoms with van der Waals surface area (Å²) < 4.78 is 24.5. The number of rotatable bonds is 2. The van der Waals surface area contributed by atoms with Crippen molar-refractivity contribution in [1.82, 2.24) is 5.32 Å². The van der Waals surface area contributed by atoms with Crippen LogP contribution in [-0.2, 0) is 28.5 Å². The van der Waals surface area contributed by atoms with Gasteiger partial charge in [0.15, 0.2) is 0 Å². The Hall–Kier alpha value is -1.21. The molecule has 4 N–H and O–H groups in total. The smallest absolute Gasteiger partial charge is 0.331 e. The molecule has 42 heavy (non-hydrogen) atoms. The topological polar surface area (TPSA) is 144 Å². The van der Waals surface area contributed by atoms with Gasteiger partial charge in [0.2, 0.25) is 12.2 Å². The third kappa shape index (κ3) is 3.50. The molecule has 0 aromatic carbocycles. The molecule has 1 amide bonds. The van der Waals surface area contributed by atoms with Gasteiger partial charge < -0.3 is 39.6 Å². The molecule has 2 unspecified atom stereocenters. The number of aliphatic hydroxyl groups is 3. The van der Waals surface area contributed by atoms with Crippen molar-refractivity contribution in [2.24, 2.45) is 34.5 Å². The number of thioether (sulfide) groups is 1. The molecule has 8 rings (SSSR count). The molecule has 3 saturated heterocycles. The van der Waals surface area contributed by atoms with Gasteiger partial charge in [-0.05, 0) is 87.5 Å². The minimum atomic E-state index is -1.86. The van der Waals surface area contributed by atoms with Crippen molar-refractivity contribution in [3.8, 4) is 0 Å². The molecule has 4 aliphatic heterocycles. The van der Waals surface area contributed by atoms with Crippen LogP contribution in [0.4, 0.5) is 0 Å². The van der Waals surface area contributed by atoms with Crippen molar-refractivity contribution in [3.05, 3.63) is 11.6 Å². The molecular formula is C31H43NO9S. The summed E-state index contributed by atoms with van der Waals surface area (Å²) in [6.45, 7) is 4.42. The first-order chi connectivity index (χ1) is 20.0. The average molecular weight is 606 g/mol. The van der Waals surface area contributed by atoms with E-state index in [4.69, 9.17) is 18.9 Å². The number of amides is 1. The summed E-state index contributed by atoms with van der Waals surface area (Å²) in [6.07, 6.45) is 6.18. The van der Waals surface area contributed by atoms with Gasteiger partial charge in [-0.3, -0.25) is 4.79 Å². The van der Waals surface area contributed by atoms with Crippen LogP contribution >= 0.6 is 11.8 Å². The Bertz CT molecular complexity index is 1230. The highest BCUT2D eigenvalue weighted by Crippen LogP contribution is 2.70. The van der Waals surface area contributed by atoms with E-state index in [2.05, 4.69) is 12.2 Å². The Kier molecular flexibility index (Phi) is 6.18. The Morgan fingerprint density at radius 3 is 2.60 bits per heavy atom. The quantitative estimate of drug-likeness (QED) is 0.273. The summed E-state index contributed by atoms with van der Waals surface area (Å²) in [5.41, 5.74) is -0.721. The minimum Gasteiger partial charge on any atom is -0.458 e. The number of esters is 1. The molecule has 8 aliphatic rings. The van der Waals surface area contributed by atoms with Crippen molar-refractivity contribution in [3.63, 3.8) is 0 Å². The van der Waals surface area contributed by atoms with E-state index >= 15 is 0 Å². The van der Waals surface area contributed by atoms with E-state index in [0.717, 1.165) is 37.7 Å². The predicted octanol–water partition coefficient (Wildman–Crippen LogP) is 1.99. The van der Waals surface area contributed by atoms with Gasteiger partial charge in [-0.25, -0.2) is 4.79 Å². The van der Waals surface area contributed by atoms with E-state index in [1.54, 1.807) is 6.08 Å². The van der Waals surface area contributed by atoms with Crippen molar-refractivity contribution >= 4 is 23.6 Å². The maximum Gasteiger partial charge on any atom is 0.331 e. The summed E-state index contributed by atoms with van der Waals surface area (Å²) in [5.74, 6) is -1.62. The second-order valence-electron chi connectivity index (χ2n) is 14.8. The maximum absolute atomic E-state index is 12.6. The summed E-state index contributed by atoms with van der Waals surface area (Å²) in [7, 11) is 0. The van der Waals surface area contributed by atoms with Crippen LogP contribution in [0.2, 0.25) is 0 Å². The van der Waals surface area contributed by atoms with Crippen LogP contribution in [0, 0.1) is 34.5 Å². The number of carbonyl (C=O) groups excluding carboxylic acids is 2. The fourth-order valence-electron chi connectivity index (χ4n) is 11.3. The molecule has 0 bridgehead atoms. The lowest BCUT2D eigenvalue weighted by Gasteiger charge is -2.66. The number of carbonyl (C=O) groups is 2. The fraction of sp³-hybridized carbons (Fsp3) is 0.871. The second kappa shape index (κ2) is 9.17. The number of nitrogens with one attached hydrogen (secondary N) is 1. The van der Waals surface area contributed by atoms with Crippen molar-refractivity contribution in [2.45, 2.75) is 112 Å². The normalized spacial score (nSPS) is 56.5. The van der Waals surface area contributed by atoms with Gasteiger partial charge in [-0.1, -0.05) is 6.92 Å². The SMILES string of the molecule is C[C@@H]1CC2(NC(=O)CS2)[C@]2(O)O[C@@H]3C[C@]4(CO)C5CC[C@]6(C)[C@@H](C7=CC(=O)OC7)CC[C@]6(O)[C@@H]5CC[C@H]4C[C@H]3O[C@@H]2O1. The fourth-order valence-corrected chi connectivity index (χ4v) is 12.6. The molecule has 232 valence electrons. The monoisotopic (exact) mass is 605 g/mol. The number of fused-ring (bicyclic) bond motifs is 8. The number of hydrogen-bond donors (Lipinski definition) is 4. The zero-order chi connectivity index (χ0) is 29.3. The molecule has 10 nitrogen and oxygen atoms in total. The second-order valence-corrected chi connectivity index (χ2v) is 16.1. The summed E-state index contributed by atoms with van der Waals surface area (Å²) in [6, 6.07) is 0. The first kappa shape index (κ1) is 28.3. The zero-order valence-corrected chi connectivity index (χ0v) is 25.2. The maximum atomic E-state index is 12.6. The average Bonchev–Trinajstić information content (AvgIpc) is 3.62. The van der Waals surface area contributed by atoms with Gasteiger partial charge in [0.1, 0.15) is 11.5 Å². The van der Waals surface area contributed by atoms with Crippen LogP contribution in [0.15, 0.2) is 11.6 Å². The molecule has 0 aromatic heterocycles. The van der Waals surface area contributed by atoms with Gasteiger partial charge in [0.25, 0.3) is 5.79 Å². The van der Waals surface area contributed by atoms with Crippen molar-refractivity contribution in [2.75, 3.05) is 19.0 Å². The molecule has 1 spiro atoms. The Balaban J connectivity index is 1.10. The molecule has 0 radical (unpaired) electrons. The van der Waals surface area contributed by atoms with Crippen molar-refractivity contribution in [1.29, 1.82) is 0 Å². The molecular weight excluding hydrogens is 562 g/mol. The van der Waals surface area contributed by atoms with E-state index in [0.29, 0.717) is 32.3 Å². The summed E-state index contributed by atoms with van der Waals surface area (Å²) in [5, 5.41) is 38.9. The number of cyclic esters (lactones) is 1. The Morgan fingerprint density at radius 1 is 1.05 bits per heavy atom. The first-order valence-electron chi connectivity index (χ1n) is 15.8. The zero-order valence-electron chi connectivity index (χ0n) is 24.4. The number of aliphatic hydroxyl groups excluding tert-OH is 1. The van der Waals surface area contributed by atoms with Gasteiger partial charge in [0, 0.05) is 29.9 Å². The summed E-state index contributed by atoms with van der Waals surface area (Å²) in [4.78, 5) is 23.2. The van der Waals surface area contributed by atoms with Gasteiger partial charge in [-0.15, -0.1) is 11.8 Å². The minimum absolute atomic E-state index is 0.0127. The van der Waals surface area contributed by atoms with Crippen LogP contribution in [0.3, 0.4) is 0 Å². The predicted molar refractivity (Wildman–Crippen MR) is 149 cm³/mol. The molecule has 0 aromatic rings. The van der Waals surface area contributed by atoms with Crippen LogP contribution in [0.25, 0.3) is 0 Å². The van der Waals surface area contributed by atoms with E-state index in [9.17, 15) is 24.9 Å². The largest absolute Gasteiger partial charge is 0.458 e. The highest BCUT2D eigenvalue weighted by atomic mass is 32.2. The summed E-state index contributed by atoms with van der Waals surface area (Å²) >= 11 is 1.35. The third-order valence-corrected chi connectivity index (χ3v) is 14.7. The van der Waals surface area contributed by atoms with Gasteiger partial charge >= 0.3 is 5.97 Å². The first-order valence-corrected chi connectivity index (χ1v) is 16.8. The lowest BCUT2D eigenvalue weighted by atomic mass is 9.42. The Labute approximate surface area is 250 Å². The van der Waals surface area contributed by atoms with Crippen LogP contribution in [0.5, 0.6) is 0 Å². The highest BCUT2D eigenvalue weighted by molar-refractivity contribution is 8.01. The Morgan fingerprint density at radius 2 is 1.88 bits per heavy atom. The van der Waals surface area contributed by atoms with Crippen LogP contribution in [0.1, 0.15) is 71.6 Å². The number of ether oxygens (including phenoxy) is 4. The highest BCUT2D eigenvalue weighted by Gasteiger charge is 2.72. The van der Waals surface area contributed by atoms with Crippen LogP contribution < -0.4 is 5.32 Å².